The second-order valence-corrected chi connectivity index (χ2v) is 6.09. The van der Waals surface area contributed by atoms with Crippen LogP contribution in [0.15, 0.2) is 54.6 Å². The number of rotatable bonds is 7. The number of hydrogen-bond acceptors (Lipinski definition) is 6. The van der Waals surface area contributed by atoms with E-state index in [9.17, 15) is 9.90 Å². The van der Waals surface area contributed by atoms with Crippen LogP contribution in [0.3, 0.4) is 0 Å². The van der Waals surface area contributed by atoms with Crippen molar-refractivity contribution in [2.75, 3.05) is 6.61 Å². The molecule has 0 saturated carbocycles. The van der Waals surface area contributed by atoms with E-state index in [1.807, 2.05) is 30.3 Å². The lowest BCUT2D eigenvalue weighted by Crippen LogP contribution is -2.19. The second kappa shape index (κ2) is 8.66. The zero-order valence-electron chi connectivity index (χ0n) is 14.5. The van der Waals surface area contributed by atoms with Crippen molar-refractivity contribution >= 4 is 17.6 Å². The lowest BCUT2D eigenvalue weighted by molar-refractivity contribution is 0.0286. The first-order valence-electron chi connectivity index (χ1n) is 8.33. The number of aromatic nitrogens is 3. The zero-order chi connectivity index (χ0) is 19.2. The van der Waals surface area contributed by atoms with Crippen molar-refractivity contribution in [2.24, 2.45) is 0 Å². The van der Waals surface area contributed by atoms with Crippen LogP contribution < -0.4 is 4.74 Å². The van der Waals surface area contributed by atoms with Gasteiger partial charge in [0.1, 0.15) is 6.10 Å². The molecule has 3 aromatic rings. The van der Waals surface area contributed by atoms with Crippen LogP contribution in [0.5, 0.6) is 5.88 Å². The SMILES string of the molecule is CCOC(=O)c1[nH]nnc1OC(c1ccccc1)C(O)c1ccc(Cl)cc1. The molecule has 0 radical (unpaired) electrons. The molecule has 0 aliphatic heterocycles. The lowest BCUT2D eigenvalue weighted by atomic mass is 9.98. The molecule has 140 valence electrons. The predicted molar refractivity (Wildman–Crippen MR) is 98.6 cm³/mol. The highest BCUT2D eigenvalue weighted by Crippen LogP contribution is 2.34. The van der Waals surface area contributed by atoms with Gasteiger partial charge < -0.3 is 14.6 Å². The molecule has 0 amide bonds. The summed E-state index contributed by atoms with van der Waals surface area (Å²) >= 11 is 5.93. The van der Waals surface area contributed by atoms with Crippen molar-refractivity contribution in [3.8, 4) is 5.88 Å². The van der Waals surface area contributed by atoms with Gasteiger partial charge in [0, 0.05) is 5.02 Å². The Morgan fingerprint density at radius 2 is 1.85 bits per heavy atom. The van der Waals surface area contributed by atoms with Gasteiger partial charge in [0.25, 0.3) is 5.88 Å². The van der Waals surface area contributed by atoms with Crippen molar-refractivity contribution in [3.05, 3.63) is 76.4 Å². The predicted octanol–water partition coefficient (Wildman–Crippen LogP) is 3.49. The van der Waals surface area contributed by atoms with E-state index < -0.39 is 18.2 Å². The van der Waals surface area contributed by atoms with Gasteiger partial charge in [-0.15, -0.1) is 0 Å². The molecule has 2 unspecified atom stereocenters. The summed E-state index contributed by atoms with van der Waals surface area (Å²) < 4.78 is 10.9. The van der Waals surface area contributed by atoms with Crippen LogP contribution in [0.25, 0.3) is 0 Å². The van der Waals surface area contributed by atoms with Crippen molar-refractivity contribution in [2.45, 2.75) is 19.1 Å². The lowest BCUT2D eigenvalue weighted by Gasteiger charge is -2.24. The number of carbonyl (C=O) groups excluding carboxylic acids is 1. The maximum Gasteiger partial charge on any atom is 0.362 e. The van der Waals surface area contributed by atoms with Crippen molar-refractivity contribution in [3.63, 3.8) is 0 Å². The van der Waals surface area contributed by atoms with E-state index in [0.717, 1.165) is 0 Å². The molecule has 1 heterocycles. The first kappa shape index (κ1) is 18.9. The van der Waals surface area contributed by atoms with E-state index >= 15 is 0 Å². The van der Waals surface area contributed by atoms with Crippen LogP contribution in [0.2, 0.25) is 5.02 Å². The average Bonchev–Trinajstić information content (AvgIpc) is 3.15. The standard InChI is InChI=1S/C19H18ClN3O4/c1-2-26-19(25)15-18(22-23-21-15)27-17(13-6-4-3-5-7-13)16(24)12-8-10-14(20)11-9-12/h3-11,16-17,24H,2H2,1H3,(H,21,22,23). The maximum absolute atomic E-state index is 12.0. The molecule has 1 aromatic heterocycles. The Morgan fingerprint density at radius 3 is 2.52 bits per heavy atom. The van der Waals surface area contributed by atoms with E-state index in [0.29, 0.717) is 16.1 Å². The fraction of sp³-hybridized carbons (Fsp3) is 0.211. The highest BCUT2D eigenvalue weighted by atomic mass is 35.5. The van der Waals surface area contributed by atoms with Crippen LogP contribution in [0.1, 0.15) is 40.7 Å². The molecule has 7 nitrogen and oxygen atoms in total. The number of benzene rings is 2. The minimum Gasteiger partial charge on any atom is -0.463 e. The van der Waals surface area contributed by atoms with Gasteiger partial charge in [-0.2, -0.15) is 0 Å². The molecule has 27 heavy (non-hydrogen) atoms. The Labute approximate surface area is 160 Å². The van der Waals surface area contributed by atoms with E-state index in [1.165, 1.54) is 0 Å². The summed E-state index contributed by atoms with van der Waals surface area (Å²) in [5.74, 6) is -0.680. The minimum atomic E-state index is -1.03. The molecule has 3 rings (SSSR count). The Balaban J connectivity index is 1.93. The number of aromatic amines is 1. The fourth-order valence-corrected chi connectivity index (χ4v) is 2.68. The third kappa shape index (κ3) is 4.45. The highest BCUT2D eigenvalue weighted by Gasteiger charge is 2.28. The van der Waals surface area contributed by atoms with Gasteiger partial charge in [-0.1, -0.05) is 64.4 Å². The minimum absolute atomic E-state index is 0.0129. The molecule has 0 spiro atoms. The molecule has 2 aromatic carbocycles. The summed E-state index contributed by atoms with van der Waals surface area (Å²) in [4.78, 5) is 12.0. The molecular weight excluding hydrogens is 370 g/mol. The molecular formula is C19H18ClN3O4. The van der Waals surface area contributed by atoms with Crippen LogP contribution in [-0.2, 0) is 4.74 Å². The van der Waals surface area contributed by atoms with E-state index in [-0.39, 0.29) is 18.2 Å². The van der Waals surface area contributed by atoms with E-state index in [2.05, 4.69) is 15.4 Å². The third-order valence-electron chi connectivity index (χ3n) is 3.86. The van der Waals surface area contributed by atoms with Crippen LogP contribution in [-0.4, -0.2) is 33.1 Å². The van der Waals surface area contributed by atoms with Gasteiger partial charge in [-0.25, -0.2) is 9.89 Å². The van der Waals surface area contributed by atoms with Crippen LogP contribution in [0.4, 0.5) is 0 Å². The first-order valence-corrected chi connectivity index (χ1v) is 8.71. The highest BCUT2D eigenvalue weighted by molar-refractivity contribution is 6.30. The summed E-state index contributed by atoms with van der Waals surface area (Å²) in [7, 11) is 0. The number of esters is 1. The summed E-state index contributed by atoms with van der Waals surface area (Å²) in [5.41, 5.74) is 1.30. The topological polar surface area (TPSA) is 97.3 Å². The monoisotopic (exact) mass is 387 g/mol. The van der Waals surface area contributed by atoms with Crippen molar-refractivity contribution < 1.29 is 19.4 Å². The number of carbonyl (C=O) groups is 1. The molecule has 2 atom stereocenters. The Bertz CT molecular complexity index is 883. The molecule has 0 saturated heterocycles. The Kier molecular flexibility index (Phi) is 6.05. The number of halogens is 1. The average molecular weight is 388 g/mol. The Morgan fingerprint density at radius 1 is 1.15 bits per heavy atom. The van der Waals surface area contributed by atoms with E-state index in [4.69, 9.17) is 21.1 Å². The third-order valence-corrected chi connectivity index (χ3v) is 4.11. The number of nitrogens with zero attached hydrogens (tertiary/aromatic N) is 2. The summed E-state index contributed by atoms with van der Waals surface area (Å²) in [6.07, 6.45) is -1.86. The van der Waals surface area contributed by atoms with Crippen molar-refractivity contribution in [1.29, 1.82) is 0 Å². The van der Waals surface area contributed by atoms with Gasteiger partial charge in [-0.3, -0.25) is 0 Å². The molecule has 0 fully saturated rings. The smallest absolute Gasteiger partial charge is 0.362 e. The normalized spacial score (nSPS) is 13.0. The number of ether oxygens (including phenoxy) is 2. The number of aliphatic hydroxyl groups is 1. The molecule has 0 aliphatic carbocycles. The quantitative estimate of drug-likeness (QED) is 0.602. The molecule has 0 bridgehead atoms. The van der Waals surface area contributed by atoms with E-state index in [1.54, 1.807) is 31.2 Å². The van der Waals surface area contributed by atoms with Gasteiger partial charge >= 0.3 is 5.97 Å². The second-order valence-electron chi connectivity index (χ2n) is 5.66. The summed E-state index contributed by atoms with van der Waals surface area (Å²) in [6, 6.07) is 15.9. The first-order chi connectivity index (χ1) is 13.1. The van der Waals surface area contributed by atoms with Gasteiger partial charge in [0.2, 0.25) is 5.69 Å². The Hall–Kier alpha value is -2.90. The largest absolute Gasteiger partial charge is 0.463 e. The summed E-state index contributed by atoms with van der Waals surface area (Å²) in [5, 5.41) is 21.4. The van der Waals surface area contributed by atoms with Crippen LogP contribution >= 0.6 is 11.6 Å². The number of H-pyrrole nitrogens is 1. The zero-order valence-corrected chi connectivity index (χ0v) is 15.3. The summed E-state index contributed by atoms with van der Waals surface area (Å²) in [6.45, 7) is 1.89. The maximum atomic E-state index is 12.0. The molecule has 8 heteroatoms. The van der Waals surface area contributed by atoms with Gasteiger partial charge in [-0.05, 0) is 30.2 Å². The van der Waals surface area contributed by atoms with Gasteiger partial charge in [0.05, 0.1) is 6.61 Å². The number of nitrogens with one attached hydrogen (secondary N) is 1. The number of aliphatic hydroxyl groups excluding tert-OH is 1. The van der Waals surface area contributed by atoms with Crippen LogP contribution in [0, 0.1) is 0 Å². The fourth-order valence-electron chi connectivity index (χ4n) is 2.55. The van der Waals surface area contributed by atoms with Crippen molar-refractivity contribution in [1.82, 2.24) is 15.4 Å². The van der Waals surface area contributed by atoms with Gasteiger partial charge in [0.15, 0.2) is 6.10 Å². The number of hydrogen-bond donors (Lipinski definition) is 2. The molecule has 2 N–H and O–H groups in total. The molecule has 0 aliphatic rings.